The highest BCUT2D eigenvalue weighted by atomic mass is 31.2. The molecule has 1 unspecified atom stereocenters. The van der Waals surface area contributed by atoms with Gasteiger partial charge in [0.1, 0.15) is 12.6 Å². The van der Waals surface area contributed by atoms with Crippen molar-refractivity contribution in [3.8, 4) is 0 Å². The van der Waals surface area contributed by atoms with E-state index >= 15 is 0 Å². The summed E-state index contributed by atoms with van der Waals surface area (Å²) >= 11 is 0. The van der Waals surface area contributed by atoms with Crippen LogP contribution in [0.3, 0.4) is 0 Å². The van der Waals surface area contributed by atoms with Gasteiger partial charge in [-0.05, 0) is 77.0 Å². The molecule has 0 bridgehead atoms. The van der Waals surface area contributed by atoms with Crippen LogP contribution >= 0.6 is 7.82 Å². The van der Waals surface area contributed by atoms with E-state index in [2.05, 4.69) is 67.0 Å². The molecule has 0 radical (unpaired) electrons. The lowest BCUT2D eigenvalue weighted by molar-refractivity contribution is -0.161. The van der Waals surface area contributed by atoms with Crippen molar-refractivity contribution in [1.29, 1.82) is 0 Å². The maximum atomic E-state index is 12.6. The number of carboxylic acid groups (broad SMARTS) is 1. The summed E-state index contributed by atoms with van der Waals surface area (Å²) in [6.45, 7) is 2.74. The Kier molecular flexibility index (Phi) is 39.4. The molecule has 0 aromatic carbocycles. The molecule has 12 heteroatoms. The number of hydrogen-bond donors (Lipinski definition) is 3. The Balaban J connectivity index is 4.38. The van der Waals surface area contributed by atoms with Gasteiger partial charge in [0.15, 0.2) is 6.10 Å². The molecule has 0 rings (SSSR count). The fraction of sp³-hybridized carbons (Fsp3) is 0.761. The first kappa shape index (κ1) is 55.4. The van der Waals surface area contributed by atoms with E-state index in [1.165, 1.54) is 89.9 Å². The Bertz CT molecular complexity index is 1170. The number of phosphoric acid groups is 1. The van der Waals surface area contributed by atoms with Crippen LogP contribution in [0.2, 0.25) is 0 Å². The fourth-order valence-corrected chi connectivity index (χ4v) is 6.73. The van der Waals surface area contributed by atoms with Gasteiger partial charge in [-0.15, -0.1) is 0 Å². The van der Waals surface area contributed by atoms with Crippen LogP contribution in [0.4, 0.5) is 0 Å². The summed E-state index contributed by atoms with van der Waals surface area (Å²) in [5, 5.41) is 8.89. The molecule has 0 saturated carbocycles. The van der Waals surface area contributed by atoms with E-state index in [1.807, 2.05) is 0 Å². The number of rotatable bonds is 42. The van der Waals surface area contributed by atoms with Crippen molar-refractivity contribution in [2.24, 2.45) is 5.73 Å². The molecule has 336 valence electrons. The standard InChI is InChI=1S/C46H82NO10P/c1-3-5-7-9-11-13-15-17-19-21-23-25-27-29-31-33-35-37-44(48)54-39-42(40-55-58(52,53)56-41-43(47)46(50)51)57-45(49)38-36-34-32-30-28-26-24-22-20-18-16-14-12-10-8-6-4-2/h11,13-14,16-17,19,23,25,42-43H,3-10,12,15,18,20-22,24,26-41,47H2,1-2H3,(H,50,51)(H,52,53)/b13-11+,16-14+,19-17+,25-23+/t42-,43+/m1/s1. The Morgan fingerprint density at radius 3 is 1.41 bits per heavy atom. The summed E-state index contributed by atoms with van der Waals surface area (Å²) in [6.07, 6.45) is 45.9. The number of nitrogens with two attached hydrogens (primary N) is 1. The number of aliphatic carboxylic acids is 1. The highest BCUT2D eigenvalue weighted by molar-refractivity contribution is 7.47. The molecule has 58 heavy (non-hydrogen) atoms. The summed E-state index contributed by atoms with van der Waals surface area (Å²) in [7, 11) is -4.72. The Morgan fingerprint density at radius 1 is 0.534 bits per heavy atom. The third kappa shape index (κ3) is 40.2. The van der Waals surface area contributed by atoms with Gasteiger partial charge in [0.05, 0.1) is 13.2 Å². The van der Waals surface area contributed by atoms with E-state index in [1.54, 1.807) is 0 Å². The maximum Gasteiger partial charge on any atom is 0.472 e. The van der Waals surface area contributed by atoms with Gasteiger partial charge >= 0.3 is 25.7 Å². The van der Waals surface area contributed by atoms with Crippen molar-refractivity contribution in [3.63, 3.8) is 0 Å². The van der Waals surface area contributed by atoms with Crippen molar-refractivity contribution in [1.82, 2.24) is 0 Å². The van der Waals surface area contributed by atoms with E-state index < -0.39 is 51.1 Å². The first-order valence-electron chi connectivity index (χ1n) is 22.7. The van der Waals surface area contributed by atoms with Crippen molar-refractivity contribution in [2.45, 2.75) is 206 Å². The van der Waals surface area contributed by atoms with Crippen LogP contribution in [-0.4, -0.2) is 59.9 Å². The van der Waals surface area contributed by atoms with E-state index in [4.69, 9.17) is 24.8 Å². The molecule has 11 nitrogen and oxygen atoms in total. The quantitative estimate of drug-likeness (QED) is 0.0231. The van der Waals surface area contributed by atoms with Crippen molar-refractivity contribution >= 4 is 25.7 Å². The van der Waals surface area contributed by atoms with Crippen LogP contribution in [0.25, 0.3) is 0 Å². The van der Waals surface area contributed by atoms with Crippen molar-refractivity contribution in [2.75, 3.05) is 19.8 Å². The van der Waals surface area contributed by atoms with Crippen molar-refractivity contribution < 1.29 is 47.5 Å². The minimum atomic E-state index is -4.72. The fourth-order valence-electron chi connectivity index (χ4n) is 5.95. The molecular weight excluding hydrogens is 757 g/mol. The number of phosphoric ester groups is 1. The topological polar surface area (TPSA) is 172 Å². The predicted octanol–water partition coefficient (Wildman–Crippen LogP) is 12.2. The number of unbranched alkanes of at least 4 members (excludes halogenated alkanes) is 20. The lowest BCUT2D eigenvalue weighted by Crippen LogP contribution is -2.34. The lowest BCUT2D eigenvalue weighted by Gasteiger charge is -2.20. The second-order valence-corrected chi connectivity index (χ2v) is 16.6. The average molecular weight is 840 g/mol. The SMILES string of the molecule is CCCCC/C=C/C/C=C/C/C=C/CCCCCCC(=O)OC[C@H](COP(=O)(O)OC[C@H](N)C(=O)O)OC(=O)CCCCCCCCCCC/C=C/CCCCCC. The highest BCUT2D eigenvalue weighted by Crippen LogP contribution is 2.43. The van der Waals surface area contributed by atoms with Crippen molar-refractivity contribution in [3.05, 3.63) is 48.6 Å². The Labute approximate surface area is 352 Å². The molecule has 4 N–H and O–H groups in total. The van der Waals surface area contributed by atoms with Crippen LogP contribution in [0.5, 0.6) is 0 Å². The first-order chi connectivity index (χ1) is 28.1. The summed E-state index contributed by atoms with van der Waals surface area (Å²) in [5.41, 5.74) is 5.34. The number of esters is 2. The molecule has 0 fully saturated rings. The Morgan fingerprint density at radius 2 is 0.914 bits per heavy atom. The molecule has 0 aliphatic carbocycles. The smallest absolute Gasteiger partial charge is 0.472 e. The predicted molar refractivity (Wildman–Crippen MR) is 235 cm³/mol. The zero-order valence-electron chi connectivity index (χ0n) is 36.4. The van der Waals surface area contributed by atoms with Gasteiger partial charge in [0, 0.05) is 12.8 Å². The van der Waals surface area contributed by atoms with Gasteiger partial charge in [0.2, 0.25) is 0 Å². The molecule has 0 aliphatic heterocycles. The number of carbonyl (C=O) groups is 3. The first-order valence-corrected chi connectivity index (χ1v) is 24.2. The number of carboxylic acids is 1. The largest absolute Gasteiger partial charge is 0.480 e. The van der Waals surface area contributed by atoms with Crippen LogP contribution in [0.15, 0.2) is 48.6 Å². The summed E-state index contributed by atoms with van der Waals surface area (Å²) in [4.78, 5) is 46.0. The van der Waals surface area contributed by atoms with E-state index in [-0.39, 0.29) is 19.4 Å². The zero-order valence-corrected chi connectivity index (χ0v) is 37.3. The third-order valence-corrected chi connectivity index (χ3v) is 10.5. The summed E-state index contributed by atoms with van der Waals surface area (Å²) < 4.78 is 32.7. The van der Waals surface area contributed by atoms with Crippen LogP contribution in [0, 0.1) is 0 Å². The monoisotopic (exact) mass is 840 g/mol. The second-order valence-electron chi connectivity index (χ2n) is 15.2. The molecular formula is C46H82NO10P. The lowest BCUT2D eigenvalue weighted by atomic mass is 10.1. The maximum absolute atomic E-state index is 12.6. The summed E-state index contributed by atoms with van der Waals surface area (Å²) in [5.74, 6) is -2.41. The van der Waals surface area contributed by atoms with Gasteiger partial charge in [-0.25, -0.2) is 4.57 Å². The molecule has 0 saturated heterocycles. The highest BCUT2D eigenvalue weighted by Gasteiger charge is 2.28. The van der Waals surface area contributed by atoms with E-state index in [0.29, 0.717) is 12.8 Å². The van der Waals surface area contributed by atoms with Crippen LogP contribution < -0.4 is 5.73 Å². The van der Waals surface area contributed by atoms with Gasteiger partial charge in [-0.1, -0.05) is 152 Å². The Hall–Kier alpha value is -2.56. The number of ether oxygens (including phenoxy) is 2. The molecule has 0 spiro atoms. The minimum absolute atomic E-state index is 0.153. The number of carbonyl (C=O) groups excluding carboxylic acids is 2. The van der Waals surface area contributed by atoms with Gasteiger partial charge < -0.3 is 25.2 Å². The number of hydrogen-bond acceptors (Lipinski definition) is 9. The molecule has 0 aliphatic rings. The molecule has 3 atom stereocenters. The van der Waals surface area contributed by atoms with E-state index in [0.717, 1.165) is 64.2 Å². The van der Waals surface area contributed by atoms with Gasteiger partial charge in [-0.2, -0.15) is 0 Å². The van der Waals surface area contributed by atoms with Gasteiger partial charge in [0.25, 0.3) is 0 Å². The van der Waals surface area contributed by atoms with Gasteiger partial charge in [-0.3, -0.25) is 23.4 Å². The minimum Gasteiger partial charge on any atom is -0.480 e. The van der Waals surface area contributed by atoms with Crippen LogP contribution in [0.1, 0.15) is 194 Å². The summed E-state index contributed by atoms with van der Waals surface area (Å²) in [6, 6.07) is -1.53. The second kappa shape index (κ2) is 41.2. The normalized spacial score (nSPS) is 14.1. The molecule has 0 aromatic heterocycles. The molecule has 0 amide bonds. The molecule has 0 heterocycles. The van der Waals surface area contributed by atoms with E-state index in [9.17, 15) is 23.8 Å². The average Bonchev–Trinajstić information content (AvgIpc) is 3.20. The van der Waals surface area contributed by atoms with Crippen LogP contribution in [-0.2, 0) is 37.5 Å². The zero-order chi connectivity index (χ0) is 42.8. The third-order valence-electron chi connectivity index (χ3n) is 9.55. The molecule has 0 aromatic rings. The number of allylic oxidation sites excluding steroid dienone is 8.